The van der Waals surface area contributed by atoms with Gasteiger partial charge < -0.3 is 19.6 Å². The van der Waals surface area contributed by atoms with Crippen molar-refractivity contribution in [1.29, 1.82) is 0 Å². The molecule has 2 aromatic rings. The molecule has 0 amide bonds. The van der Waals surface area contributed by atoms with Gasteiger partial charge >= 0.3 is 144 Å². The van der Waals surface area contributed by atoms with Crippen molar-refractivity contribution in [2.24, 2.45) is 10.9 Å². The summed E-state index contributed by atoms with van der Waals surface area (Å²) >= 11 is 0.388. The molecule has 2 heterocycles. The van der Waals surface area contributed by atoms with E-state index < -0.39 is 6.11 Å². The quantitative estimate of drug-likeness (QED) is 0.133. The fourth-order valence-corrected chi connectivity index (χ4v) is 8.99. The molecule has 0 bridgehead atoms. The van der Waals surface area contributed by atoms with Crippen LogP contribution in [0, 0.1) is 5.92 Å². The van der Waals surface area contributed by atoms with Crippen LogP contribution >= 0.6 is 0 Å². The molecule has 246 valence electrons. The summed E-state index contributed by atoms with van der Waals surface area (Å²) in [4.78, 5) is 9.04. The molecule has 0 aliphatic carbocycles. The Morgan fingerprint density at radius 1 is 1.18 bits per heavy atom. The zero-order valence-corrected chi connectivity index (χ0v) is 29.2. The topological polar surface area (TPSA) is 57.5 Å². The first kappa shape index (κ1) is 34.9. The summed E-state index contributed by atoms with van der Waals surface area (Å²) in [5.74, 6) is 2.85. The molecule has 2 aliphatic heterocycles. The minimum absolute atomic E-state index is 0.0197. The molecule has 2 aromatic carbocycles. The minimum atomic E-state index is -3.28. The number of aliphatic hydroxyl groups excluding tert-OH is 1. The van der Waals surface area contributed by atoms with Gasteiger partial charge in [-0.15, -0.1) is 0 Å². The van der Waals surface area contributed by atoms with Crippen molar-refractivity contribution in [2.75, 3.05) is 29.1 Å². The van der Waals surface area contributed by atoms with E-state index in [9.17, 15) is 13.9 Å². The molecule has 1 saturated heterocycles. The summed E-state index contributed by atoms with van der Waals surface area (Å²) in [6.07, 6.45) is 1.19. The van der Waals surface area contributed by atoms with Gasteiger partial charge in [-0.1, -0.05) is 25.3 Å². The predicted octanol–water partition coefficient (Wildman–Crippen LogP) is 4.67. The van der Waals surface area contributed by atoms with Crippen molar-refractivity contribution in [2.45, 2.75) is 71.5 Å². The van der Waals surface area contributed by atoms with E-state index in [4.69, 9.17) is 14.5 Å². The van der Waals surface area contributed by atoms with Gasteiger partial charge in [0.05, 0.1) is 0 Å². The largest absolute Gasteiger partial charge is 0.396 e. The number of benzene rings is 2. The van der Waals surface area contributed by atoms with Crippen LogP contribution in [0.5, 0.6) is 5.75 Å². The Morgan fingerprint density at radius 2 is 1.93 bits per heavy atom. The maximum absolute atomic E-state index is 13.5. The van der Waals surface area contributed by atoms with E-state index in [0.717, 1.165) is 49.2 Å². The fourth-order valence-electron chi connectivity index (χ4n) is 5.65. The van der Waals surface area contributed by atoms with E-state index in [-0.39, 0.29) is 24.9 Å². The zero-order valence-electron chi connectivity index (χ0n) is 27.0. The standard InChI is InChI=1S/C36H47F2IN3O3/c1-7-30(15-12-28-13-16-31(17-14-28)32-18-19-39-23-32)35(44-24-29-10-8-11-33(22-29)45-36(5,37)38)40-34-25(2)26(3)42(20-9-21-43)27(4)41(34)6/h8,10-11,13-14,16-17,22,30,32,43H,3-4,7,9,12,15,18-21,23-24H2,1-2,5-6H3/q-1. The van der Waals surface area contributed by atoms with Crippen LogP contribution in [-0.4, -0.2) is 56.0 Å². The third-order valence-corrected chi connectivity index (χ3v) is 11.5. The maximum atomic E-state index is 13.5. The summed E-state index contributed by atoms with van der Waals surface area (Å²) in [5.41, 5.74) is 5.14. The minimum Gasteiger partial charge on any atom is -0.396 e. The average molecular weight is 735 g/mol. The van der Waals surface area contributed by atoms with Crippen LogP contribution in [0.15, 0.2) is 89.6 Å². The van der Waals surface area contributed by atoms with Crippen molar-refractivity contribution in [3.05, 3.63) is 101 Å². The molecule has 2 aliphatic rings. The molecule has 6 nitrogen and oxygen atoms in total. The maximum Gasteiger partial charge on any atom is 0.106 e. The Kier molecular flexibility index (Phi) is 12.5. The van der Waals surface area contributed by atoms with Crippen LogP contribution in [0.4, 0.5) is 8.78 Å². The summed E-state index contributed by atoms with van der Waals surface area (Å²) in [7, 11) is 1.92. The number of ether oxygens (including phenoxy) is 2. The zero-order chi connectivity index (χ0) is 32.6. The molecule has 2 atom stereocenters. The van der Waals surface area contributed by atoms with Crippen molar-refractivity contribution < 1.29 is 44.6 Å². The molecule has 1 N–H and O–H groups in total. The number of aliphatic hydroxyl groups is 1. The fraction of sp³-hybridized carbons (Fsp3) is 0.472. The first-order chi connectivity index (χ1) is 21.5. The molecule has 45 heavy (non-hydrogen) atoms. The van der Waals surface area contributed by atoms with E-state index in [1.54, 1.807) is 12.1 Å². The van der Waals surface area contributed by atoms with Gasteiger partial charge in [-0.25, -0.2) is 0 Å². The number of alkyl halides is 4. The van der Waals surface area contributed by atoms with Crippen LogP contribution in [-0.2, 0) is 17.8 Å². The Hall–Kier alpha value is -2.92. The van der Waals surface area contributed by atoms with Crippen LogP contribution in [0.3, 0.4) is 0 Å². The normalized spacial score (nSPS) is 18.7. The molecule has 2 unspecified atom stereocenters. The average Bonchev–Trinajstić information content (AvgIpc) is 3.56. The number of halogens is 3. The summed E-state index contributed by atoms with van der Waals surface area (Å²) in [6, 6.07) is 15.7. The van der Waals surface area contributed by atoms with E-state index in [2.05, 4.69) is 44.3 Å². The SMILES string of the molecule is C=C1C(C)=C(N=C(OCc2cccc(OC(C)(F)F)c2)C(CC)CCc2ccc(C3CC[I-]C3)cc2)N(C)C(=C)N1CCCO. The first-order valence-corrected chi connectivity index (χ1v) is 18.8. The third kappa shape index (κ3) is 9.54. The molecule has 4 rings (SSSR count). The van der Waals surface area contributed by atoms with Gasteiger partial charge in [0.15, 0.2) is 0 Å². The second-order valence-corrected chi connectivity index (χ2v) is 14.8. The number of allylic oxidation sites excluding steroid dienone is 1. The number of aryl methyl sites for hydroxylation is 1. The van der Waals surface area contributed by atoms with Crippen molar-refractivity contribution in [3.8, 4) is 5.75 Å². The van der Waals surface area contributed by atoms with Gasteiger partial charge in [0, 0.05) is 38.4 Å². The monoisotopic (exact) mass is 734 g/mol. The molecular formula is C36H47F2IN3O3-. The van der Waals surface area contributed by atoms with Gasteiger partial charge in [-0.2, -0.15) is 8.78 Å². The summed E-state index contributed by atoms with van der Waals surface area (Å²) < 4.78 is 41.1. The summed E-state index contributed by atoms with van der Waals surface area (Å²) in [6.45, 7) is 14.2. The van der Waals surface area contributed by atoms with E-state index in [0.29, 0.717) is 51.5 Å². The number of rotatable bonds is 14. The molecule has 0 saturated carbocycles. The number of hydrogen-bond donors (Lipinski definition) is 1. The van der Waals surface area contributed by atoms with Gasteiger partial charge in [0.25, 0.3) is 0 Å². The van der Waals surface area contributed by atoms with Gasteiger partial charge in [0.2, 0.25) is 0 Å². The second kappa shape index (κ2) is 16.1. The number of nitrogens with zero attached hydrogens (tertiary/aromatic N) is 3. The van der Waals surface area contributed by atoms with Crippen LogP contribution in [0.25, 0.3) is 0 Å². The Bertz CT molecular complexity index is 1380. The van der Waals surface area contributed by atoms with E-state index in [1.807, 2.05) is 29.8 Å². The Morgan fingerprint density at radius 3 is 2.58 bits per heavy atom. The van der Waals surface area contributed by atoms with Crippen molar-refractivity contribution in [3.63, 3.8) is 0 Å². The Labute approximate surface area is 277 Å². The molecule has 9 heteroatoms. The van der Waals surface area contributed by atoms with E-state index in [1.165, 1.54) is 32.5 Å². The summed E-state index contributed by atoms with van der Waals surface area (Å²) in [5, 5.41) is 9.39. The van der Waals surface area contributed by atoms with Gasteiger partial charge in [0.1, 0.15) is 11.6 Å². The third-order valence-electron chi connectivity index (χ3n) is 8.41. The molecule has 1 fully saturated rings. The predicted molar refractivity (Wildman–Crippen MR) is 173 cm³/mol. The molecule has 0 radical (unpaired) electrons. The van der Waals surface area contributed by atoms with Crippen LogP contribution < -0.4 is 25.9 Å². The van der Waals surface area contributed by atoms with Gasteiger partial charge in [-0.3, -0.25) is 0 Å². The molecular weight excluding hydrogens is 687 g/mol. The second-order valence-electron chi connectivity index (χ2n) is 11.8. The number of hydrogen-bond acceptors (Lipinski definition) is 6. The van der Waals surface area contributed by atoms with Crippen LogP contribution in [0.1, 0.15) is 69.1 Å². The van der Waals surface area contributed by atoms with Crippen molar-refractivity contribution in [1.82, 2.24) is 9.80 Å². The van der Waals surface area contributed by atoms with E-state index >= 15 is 0 Å². The molecule has 0 aromatic heterocycles. The van der Waals surface area contributed by atoms with Gasteiger partial charge in [-0.05, 0) is 31.0 Å². The Balaban J connectivity index is 1.59. The molecule has 0 spiro atoms. The first-order valence-electron chi connectivity index (χ1n) is 15.7. The van der Waals surface area contributed by atoms with Crippen LogP contribution in [0.2, 0.25) is 0 Å². The number of aliphatic imine (C=N–C) groups is 1. The smallest absolute Gasteiger partial charge is 0.106 e. The van der Waals surface area contributed by atoms with Crippen molar-refractivity contribution >= 4 is 5.90 Å².